The fraction of sp³-hybridized carbons (Fsp3) is 0.667. The van der Waals surface area contributed by atoms with Crippen LogP contribution in [-0.4, -0.2) is 53.1 Å². The topological polar surface area (TPSA) is 105 Å². The normalized spacial score (nSPS) is 25.0. The number of benzene rings is 1. The number of nitrogens with one attached hydrogen (secondary N) is 2. The number of hydrogen-bond acceptors (Lipinski definition) is 5. The third-order valence-corrected chi connectivity index (χ3v) is 8.55. The largest absolute Gasteiger partial charge is 0.383 e. The van der Waals surface area contributed by atoms with E-state index in [1.807, 2.05) is 11.8 Å². The zero-order valence-electron chi connectivity index (χ0n) is 19.5. The first kappa shape index (κ1) is 24.2. The van der Waals surface area contributed by atoms with Gasteiger partial charge in [0.1, 0.15) is 0 Å². The van der Waals surface area contributed by atoms with Gasteiger partial charge in [-0.1, -0.05) is 0 Å². The molecular formula is C24H35N3O5S. The second kappa shape index (κ2) is 10.1. The van der Waals surface area contributed by atoms with Gasteiger partial charge in [-0.05, 0) is 81.5 Å². The Kier molecular flexibility index (Phi) is 7.40. The number of sulfonamides is 1. The average molecular weight is 478 g/mol. The van der Waals surface area contributed by atoms with Crippen LogP contribution in [0.3, 0.4) is 0 Å². The number of ether oxygens (including phenoxy) is 1. The molecule has 1 aromatic rings. The van der Waals surface area contributed by atoms with E-state index in [-0.39, 0.29) is 40.5 Å². The Morgan fingerprint density at radius 3 is 2.45 bits per heavy atom. The van der Waals surface area contributed by atoms with Crippen LogP contribution < -0.4 is 14.9 Å². The van der Waals surface area contributed by atoms with Crippen molar-refractivity contribution in [2.75, 3.05) is 31.7 Å². The molecule has 1 aromatic carbocycles. The lowest BCUT2D eigenvalue weighted by Crippen LogP contribution is -2.37. The summed E-state index contributed by atoms with van der Waals surface area (Å²) < 4.78 is 33.6. The first-order chi connectivity index (χ1) is 15.8. The van der Waals surface area contributed by atoms with Crippen LogP contribution in [0.5, 0.6) is 0 Å². The quantitative estimate of drug-likeness (QED) is 0.531. The molecule has 3 aliphatic rings. The van der Waals surface area contributed by atoms with E-state index in [1.54, 1.807) is 25.3 Å². The molecule has 2 fully saturated rings. The molecule has 4 rings (SSSR count). The number of methoxy groups -OCH3 is 1. The van der Waals surface area contributed by atoms with Crippen LogP contribution >= 0.6 is 0 Å². The minimum absolute atomic E-state index is 0.00490. The number of fused-ring (bicyclic) bond motifs is 1. The Morgan fingerprint density at radius 2 is 1.79 bits per heavy atom. The Hall–Kier alpha value is -1.97. The van der Waals surface area contributed by atoms with Crippen molar-refractivity contribution in [3.05, 3.63) is 23.8 Å². The lowest BCUT2D eigenvalue weighted by Gasteiger charge is -2.28. The summed E-state index contributed by atoms with van der Waals surface area (Å²) >= 11 is 0. The maximum absolute atomic E-state index is 12.9. The average Bonchev–Trinajstić information content (AvgIpc) is 3.59. The SMILES string of the molecule is COCCNC(=O)C1CCC(CNS(=O)(=O)c2ccc3c(c2)C[C@@H](C)N3C(=O)C2CC2)CC1. The molecule has 0 unspecified atom stereocenters. The second-order valence-corrected chi connectivity index (χ2v) is 11.4. The van der Waals surface area contributed by atoms with Crippen molar-refractivity contribution in [3.63, 3.8) is 0 Å². The van der Waals surface area contributed by atoms with E-state index in [0.717, 1.165) is 49.8 Å². The Bertz CT molecular complexity index is 984. The monoisotopic (exact) mass is 477 g/mol. The highest BCUT2D eigenvalue weighted by Crippen LogP contribution is 2.39. The smallest absolute Gasteiger partial charge is 0.240 e. The minimum Gasteiger partial charge on any atom is -0.383 e. The highest BCUT2D eigenvalue weighted by atomic mass is 32.2. The van der Waals surface area contributed by atoms with Gasteiger partial charge in [-0.2, -0.15) is 0 Å². The maximum Gasteiger partial charge on any atom is 0.240 e. The molecule has 0 spiro atoms. The van der Waals surface area contributed by atoms with Crippen molar-refractivity contribution in [2.45, 2.75) is 62.8 Å². The van der Waals surface area contributed by atoms with Gasteiger partial charge in [0.05, 0.1) is 11.5 Å². The highest BCUT2D eigenvalue weighted by Gasteiger charge is 2.39. The second-order valence-electron chi connectivity index (χ2n) is 9.68. The van der Waals surface area contributed by atoms with Crippen LogP contribution in [0, 0.1) is 17.8 Å². The predicted octanol–water partition coefficient (Wildman–Crippen LogP) is 2.22. The van der Waals surface area contributed by atoms with Crippen molar-refractivity contribution in [1.29, 1.82) is 0 Å². The van der Waals surface area contributed by atoms with Crippen molar-refractivity contribution in [1.82, 2.24) is 10.0 Å². The molecule has 0 radical (unpaired) electrons. The van der Waals surface area contributed by atoms with Crippen LogP contribution in [0.4, 0.5) is 5.69 Å². The summed E-state index contributed by atoms with van der Waals surface area (Å²) in [5.74, 6) is 0.583. The number of carbonyl (C=O) groups is 2. The first-order valence-corrected chi connectivity index (χ1v) is 13.5. The van der Waals surface area contributed by atoms with Crippen LogP contribution in [0.15, 0.2) is 23.1 Å². The predicted molar refractivity (Wildman–Crippen MR) is 125 cm³/mol. The third kappa shape index (κ3) is 5.58. The van der Waals surface area contributed by atoms with Gasteiger partial charge < -0.3 is 15.0 Å². The molecule has 0 aromatic heterocycles. The van der Waals surface area contributed by atoms with Crippen molar-refractivity contribution in [3.8, 4) is 0 Å². The van der Waals surface area contributed by atoms with E-state index in [4.69, 9.17) is 4.74 Å². The molecule has 0 saturated heterocycles. The molecule has 1 heterocycles. The van der Waals surface area contributed by atoms with Gasteiger partial charge in [0.15, 0.2) is 0 Å². The number of nitrogens with zero attached hydrogens (tertiary/aromatic N) is 1. The Morgan fingerprint density at radius 1 is 1.09 bits per heavy atom. The number of anilines is 1. The Labute approximate surface area is 196 Å². The van der Waals surface area contributed by atoms with Crippen molar-refractivity contribution >= 4 is 27.5 Å². The third-order valence-electron chi connectivity index (χ3n) is 7.13. The molecule has 8 nitrogen and oxygen atoms in total. The van der Waals surface area contributed by atoms with Gasteiger partial charge in [-0.3, -0.25) is 9.59 Å². The molecule has 0 bridgehead atoms. The minimum atomic E-state index is -3.63. The molecule has 9 heteroatoms. The zero-order valence-corrected chi connectivity index (χ0v) is 20.3. The van der Waals surface area contributed by atoms with Gasteiger partial charge in [0.2, 0.25) is 21.8 Å². The summed E-state index contributed by atoms with van der Waals surface area (Å²) in [5.41, 5.74) is 1.76. The first-order valence-electron chi connectivity index (χ1n) is 12.0. The number of carbonyl (C=O) groups excluding carboxylic acids is 2. The van der Waals surface area contributed by atoms with E-state index in [9.17, 15) is 18.0 Å². The number of hydrogen-bond donors (Lipinski definition) is 2. The maximum atomic E-state index is 12.9. The van der Waals surface area contributed by atoms with Gasteiger partial charge >= 0.3 is 0 Å². The van der Waals surface area contributed by atoms with Crippen LogP contribution in [0.2, 0.25) is 0 Å². The van der Waals surface area contributed by atoms with E-state index in [0.29, 0.717) is 26.1 Å². The van der Waals surface area contributed by atoms with Gasteiger partial charge in [0.25, 0.3) is 0 Å². The Balaban J connectivity index is 1.31. The fourth-order valence-corrected chi connectivity index (χ4v) is 6.16. The van der Waals surface area contributed by atoms with Gasteiger partial charge in [0, 0.05) is 43.8 Å². The fourth-order valence-electron chi connectivity index (χ4n) is 5.00. The number of amides is 2. The molecule has 2 saturated carbocycles. The van der Waals surface area contributed by atoms with Crippen LogP contribution in [0.25, 0.3) is 0 Å². The lowest BCUT2D eigenvalue weighted by atomic mass is 9.81. The highest BCUT2D eigenvalue weighted by molar-refractivity contribution is 7.89. The van der Waals surface area contributed by atoms with Gasteiger partial charge in [-0.15, -0.1) is 0 Å². The molecule has 33 heavy (non-hydrogen) atoms. The molecule has 1 atom stereocenters. The van der Waals surface area contributed by atoms with Crippen molar-refractivity contribution < 1.29 is 22.7 Å². The van der Waals surface area contributed by atoms with E-state index < -0.39 is 10.0 Å². The summed E-state index contributed by atoms with van der Waals surface area (Å²) in [7, 11) is -2.03. The van der Waals surface area contributed by atoms with Crippen LogP contribution in [-0.2, 0) is 30.8 Å². The summed E-state index contributed by atoms with van der Waals surface area (Å²) in [4.78, 5) is 26.9. The molecule has 2 aliphatic carbocycles. The van der Waals surface area contributed by atoms with Gasteiger partial charge in [-0.25, -0.2) is 13.1 Å². The summed E-state index contributed by atoms with van der Waals surface area (Å²) in [6, 6.07) is 5.16. The molecule has 2 amide bonds. The lowest BCUT2D eigenvalue weighted by molar-refractivity contribution is -0.126. The standard InChI is InChI=1S/C24H35N3O5S/c1-16-13-20-14-21(9-10-22(20)27(16)24(29)19-7-8-19)33(30,31)26-15-17-3-5-18(6-4-17)23(28)25-11-12-32-2/h9-10,14,16-19,26H,3-8,11-13,15H2,1-2H3,(H,25,28)/t16-,17?,18?/m1/s1. The van der Waals surface area contributed by atoms with E-state index >= 15 is 0 Å². The molecule has 1 aliphatic heterocycles. The van der Waals surface area contributed by atoms with E-state index in [1.165, 1.54) is 0 Å². The van der Waals surface area contributed by atoms with Crippen LogP contribution in [0.1, 0.15) is 51.0 Å². The molecule has 2 N–H and O–H groups in total. The molecular weight excluding hydrogens is 442 g/mol. The number of rotatable bonds is 9. The van der Waals surface area contributed by atoms with Crippen molar-refractivity contribution in [2.24, 2.45) is 17.8 Å². The summed E-state index contributed by atoms with van der Waals surface area (Å²) in [5, 5.41) is 2.89. The molecule has 182 valence electrons. The van der Waals surface area contributed by atoms with E-state index in [2.05, 4.69) is 10.0 Å². The zero-order chi connectivity index (χ0) is 23.6. The summed E-state index contributed by atoms with van der Waals surface area (Å²) in [6.45, 7) is 3.40. The summed E-state index contributed by atoms with van der Waals surface area (Å²) in [6.07, 6.45) is 5.77.